The van der Waals surface area contributed by atoms with E-state index in [1.807, 2.05) is 13.8 Å². The Bertz CT molecular complexity index is 455. The van der Waals surface area contributed by atoms with Gasteiger partial charge >= 0.3 is 12.1 Å². The highest BCUT2D eigenvalue weighted by molar-refractivity contribution is 5.90. The third-order valence-corrected chi connectivity index (χ3v) is 2.35. The topological polar surface area (TPSA) is 56.1 Å². The summed E-state index contributed by atoms with van der Waals surface area (Å²) in [6, 6.07) is 0. The number of nitrogens with one attached hydrogen (secondary N) is 1. The summed E-state index contributed by atoms with van der Waals surface area (Å²) in [4.78, 5) is 11.5. The summed E-state index contributed by atoms with van der Waals surface area (Å²) in [6.07, 6.45) is -3.64. The highest BCUT2D eigenvalue weighted by Gasteiger charge is 2.39. The van der Waals surface area contributed by atoms with Gasteiger partial charge in [0, 0.05) is 6.20 Å². The zero-order valence-electron chi connectivity index (χ0n) is 11.6. The van der Waals surface area contributed by atoms with Crippen LogP contribution in [0.1, 0.15) is 36.8 Å². The second-order valence-corrected chi connectivity index (χ2v) is 4.66. The third-order valence-electron chi connectivity index (χ3n) is 2.35. The molecule has 1 heterocycles. The van der Waals surface area contributed by atoms with E-state index in [4.69, 9.17) is 0 Å². The molecule has 0 aromatic carbocycles. The van der Waals surface area contributed by atoms with Gasteiger partial charge in [-0.1, -0.05) is 13.8 Å². The number of alkyl halides is 3. The first kappa shape index (κ1) is 16.5. The molecule has 0 radical (unpaired) electrons. The molecule has 0 amide bonds. The van der Waals surface area contributed by atoms with E-state index >= 15 is 0 Å². The van der Waals surface area contributed by atoms with Crippen molar-refractivity contribution < 1.29 is 22.7 Å². The SMILES string of the molecule is CCOC(=O)c1cn(CNCC(C)C)nc1C(F)(F)F. The molecule has 1 N–H and O–H groups in total. The molecule has 0 bridgehead atoms. The van der Waals surface area contributed by atoms with Crippen LogP contribution >= 0.6 is 0 Å². The molecule has 0 aliphatic carbocycles. The average molecular weight is 293 g/mol. The van der Waals surface area contributed by atoms with Gasteiger partial charge in [0.25, 0.3) is 0 Å². The van der Waals surface area contributed by atoms with Gasteiger partial charge in [-0.25, -0.2) is 4.79 Å². The number of nitrogens with zero attached hydrogens (tertiary/aromatic N) is 2. The Morgan fingerprint density at radius 3 is 2.65 bits per heavy atom. The number of aromatic nitrogens is 2. The number of hydrogen-bond acceptors (Lipinski definition) is 4. The number of carbonyl (C=O) groups excluding carboxylic acids is 1. The molecule has 1 aromatic rings. The fourth-order valence-corrected chi connectivity index (χ4v) is 1.54. The van der Waals surface area contributed by atoms with Gasteiger partial charge in [-0.05, 0) is 19.4 Å². The number of halogens is 3. The lowest BCUT2D eigenvalue weighted by Crippen LogP contribution is -2.23. The minimum atomic E-state index is -4.69. The second-order valence-electron chi connectivity index (χ2n) is 4.66. The zero-order chi connectivity index (χ0) is 15.3. The first-order chi connectivity index (χ1) is 9.25. The van der Waals surface area contributed by atoms with Crippen LogP contribution in [-0.2, 0) is 17.6 Å². The normalized spacial score (nSPS) is 11.9. The first-order valence-corrected chi connectivity index (χ1v) is 6.28. The number of carbonyl (C=O) groups is 1. The smallest absolute Gasteiger partial charge is 0.436 e. The van der Waals surface area contributed by atoms with Crippen LogP contribution in [0.2, 0.25) is 0 Å². The van der Waals surface area contributed by atoms with Gasteiger partial charge in [-0.15, -0.1) is 0 Å². The summed E-state index contributed by atoms with van der Waals surface area (Å²) in [6.45, 7) is 6.21. The van der Waals surface area contributed by atoms with Crippen LogP contribution in [0, 0.1) is 5.92 Å². The molecule has 1 rings (SSSR count). The molecule has 1 aromatic heterocycles. The fourth-order valence-electron chi connectivity index (χ4n) is 1.54. The van der Waals surface area contributed by atoms with Crippen LogP contribution < -0.4 is 5.32 Å². The summed E-state index contributed by atoms with van der Waals surface area (Å²) in [5, 5.41) is 6.36. The molecular formula is C12H18F3N3O2. The molecule has 0 saturated carbocycles. The summed E-state index contributed by atoms with van der Waals surface area (Å²) in [5.74, 6) is -0.660. The standard InChI is InChI=1S/C12H18F3N3O2/c1-4-20-11(19)9-6-18(7-16-5-8(2)3)17-10(9)12(13,14)15/h6,8,16H,4-5,7H2,1-3H3. The van der Waals surface area contributed by atoms with Crippen molar-refractivity contribution in [1.29, 1.82) is 0 Å². The molecule has 0 fully saturated rings. The summed E-state index contributed by atoms with van der Waals surface area (Å²) < 4.78 is 44.1. The zero-order valence-corrected chi connectivity index (χ0v) is 11.6. The predicted molar refractivity (Wildman–Crippen MR) is 66.0 cm³/mol. The molecule has 20 heavy (non-hydrogen) atoms. The largest absolute Gasteiger partial charge is 0.462 e. The predicted octanol–water partition coefficient (Wildman–Crippen LogP) is 2.28. The molecule has 0 aliphatic heterocycles. The van der Waals surface area contributed by atoms with E-state index in [0.29, 0.717) is 12.5 Å². The van der Waals surface area contributed by atoms with Crippen LogP contribution in [0.3, 0.4) is 0 Å². The van der Waals surface area contributed by atoms with E-state index in [1.54, 1.807) is 0 Å². The number of hydrogen-bond donors (Lipinski definition) is 1. The molecule has 0 aliphatic rings. The van der Waals surface area contributed by atoms with E-state index in [9.17, 15) is 18.0 Å². The molecule has 0 atom stereocenters. The molecule has 8 heteroatoms. The van der Waals surface area contributed by atoms with E-state index in [2.05, 4.69) is 15.2 Å². The maximum Gasteiger partial charge on any atom is 0.436 e. The summed E-state index contributed by atoms with van der Waals surface area (Å²) in [7, 11) is 0. The second kappa shape index (κ2) is 6.74. The Balaban J connectivity index is 2.91. The van der Waals surface area contributed by atoms with E-state index in [0.717, 1.165) is 10.9 Å². The van der Waals surface area contributed by atoms with Crippen molar-refractivity contribution in [1.82, 2.24) is 15.1 Å². The van der Waals surface area contributed by atoms with E-state index in [1.165, 1.54) is 6.92 Å². The van der Waals surface area contributed by atoms with Gasteiger partial charge in [-0.2, -0.15) is 18.3 Å². The highest BCUT2D eigenvalue weighted by Crippen LogP contribution is 2.30. The van der Waals surface area contributed by atoms with Gasteiger partial charge in [0.15, 0.2) is 5.69 Å². The Morgan fingerprint density at radius 2 is 2.15 bits per heavy atom. The first-order valence-electron chi connectivity index (χ1n) is 6.28. The lowest BCUT2D eigenvalue weighted by molar-refractivity contribution is -0.142. The van der Waals surface area contributed by atoms with Crippen molar-refractivity contribution in [3.8, 4) is 0 Å². The van der Waals surface area contributed by atoms with Crippen molar-refractivity contribution in [3.05, 3.63) is 17.5 Å². The third kappa shape index (κ3) is 4.52. The van der Waals surface area contributed by atoms with Crippen molar-refractivity contribution >= 4 is 5.97 Å². The monoisotopic (exact) mass is 293 g/mol. The molecule has 114 valence electrons. The lowest BCUT2D eigenvalue weighted by Gasteiger charge is -2.07. The number of esters is 1. The summed E-state index contributed by atoms with van der Waals surface area (Å²) >= 11 is 0. The highest BCUT2D eigenvalue weighted by atomic mass is 19.4. The van der Waals surface area contributed by atoms with Crippen molar-refractivity contribution in [3.63, 3.8) is 0 Å². The van der Waals surface area contributed by atoms with E-state index < -0.39 is 23.4 Å². The van der Waals surface area contributed by atoms with Gasteiger partial charge in [0.1, 0.15) is 5.56 Å². The maximum atomic E-state index is 12.8. The average Bonchev–Trinajstić information content (AvgIpc) is 2.73. The summed E-state index contributed by atoms with van der Waals surface area (Å²) in [5.41, 5.74) is -1.78. The van der Waals surface area contributed by atoms with Gasteiger partial charge < -0.3 is 4.74 Å². The number of ether oxygens (including phenoxy) is 1. The minimum absolute atomic E-state index is 0.00686. The Hall–Kier alpha value is -1.57. The van der Waals surface area contributed by atoms with Crippen LogP contribution in [-0.4, -0.2) is 28.9 Å². The molecular weight excluding hydrogens is 275 g/mol. The van der Waals surface area contributed by atoms with Crippen LogP contribution in [0.25, 0.3) is 0 Å². The van der Waals surface area contributed by atoms with Gasteiger partial charge in [0.2, 0.25) is 0 Å². The molecule has 5 nitrogen and oxygen atoms in total. The quantitative estimate of drug-likeness (QED) is 0.818. The van der Waals surface area contributed by atoms with Crippen LogP contribution in [0.5, 0.6) is 0 Å². The molecule has 0 unspecified atom stereocenters. The van der Waals surface area contributed by atoms with Crippen LogP contribution in [0.15, 0.2) is 6.20 Å². The van der Waals surface area contributed by atoms with E-state index in [-0.39, 0.29) is 13.3 Å². The van der Waals surface area contributed by atoms with Gasteiger partial charge in [-0.3, -0.25) is 10.00 Å². The van der Waals surface area contributed by atoms with Crippen molar-refractivity contribution in [2.24, 2.45) is 5.92 Å². The van der Waals surface area contributed by atoms with Crippen LogP contribution in [0.4, 0.5) is 13.2 Å². The molecule has 0 saturated heterocycles. The minimum Gasteiger partial charge on any atom is -0.462 e. The Kier molecular flexibility index (Phi) is 5.55. The van der Waals surface area contributed by atoms with Gasteiger partial charge in [0.05, 0.1) is 13.3 Å². The maximum absolute atomic E-state index is 12.8. The molecule has 0 spiro atoms. The van der Waals surface area contributed by atoms with Crippen molar-refractivity contribution in [2.75, 3.05) is 13.2 Å². The van der Waals surface area contributed by atoms with Crippen molar-refractivity contribution in [2.45, 2.75) is 33.6 Å². The fraction of sp³-hybridized carbons (Fsp3) is 0.667. The Morgan fingerprint density at radius 1 is 1.50 bits per heavy atom. The lowest BCUT2D eigenvalue weighted by atomic mass is 10.2. The number of rotatable bonds is 6. The Labute approximate surface area is 115 Å².